The van der Waals surface area contributed by atoms with E-state index in [2.05, 4.69) is 0 Å². The standard InChI is InChI=1S/C27H27F4N3O5S/c1-38-24-11-10-23(17-25(24)39-2)40(36,37)34(21-8-6-20(28)7-9-21)18-26(35)33-14-12-32(13-15-33)22-5-3-4-19(16-22)27(29,30)31/h3-11,16-17H,12-15,18H2,1-2H3. The Morgan fingerprint density at radius 3 is 2.15 bits per heavy atom. The van der Waals surface area contributed by atoms with Gasteiger partial charge in [0.05, 0.1) is 30.4 Å². The van der Waals surface area contributed by atoms with Gasteiger partial charge in [-0.2, -0.15) is 13.2 Å². The van der Waals surface area contributed by atoms with Gasteiger partial charge in [-0.15, -0.1) is 0 Å². The van der Waals surface area contributed by atoms with Crippen molar-refractivity contribution in [3.8, 4) is 11.5 Å². The van der Waals surface area contributed by atoms with E-state index < -0.39 is 40.0 Å². The molecule has 0 saturated carbocycles. The Balaban J connectivity index is 1.55. The van der Waals surface area contributed by atoms with Crippen molar-refractivity contribution in [2.45, 2.75) is 11.1 Å². The Bertz CT molecular complexity index is 1460. The van der Waals surface area contributed by atoms with E-state index in [0.717, 1.165) is 28.6 Å². The Kier molecular flexibility index (Phi) is 8.43. The van der Waals surface area contributed by atoms with E-state index in [1.807, 2.05) is 0 Å². The molecule has 1 fully saturated rings. The lowest BCUT2D eigenvalue weighted by Crippen LogP contribution is -2.52. The SMILES string of the molecule is COc1ccc(S(=O)(=O)N(CC(=O)N2CCN(c3cccc(C(F)(F)F)c3)CC2)c2ccc(F)cc2)cc1OC. The molecule has 0 atom stereocenters. The number of amides is 1. The minimum absolute atomic E-state index is 0.0761. The number of carbonyl (C=O) groups excluding carboxylic acids is 1. The summed E-state index contributed by atoms with van der Waals surface area (Å²) >= 11 is 0. The first kappa shape index (κ1) is 29.0. The Hall–Kier alpha value is -4.00. The van der Waals surface area contributed by atoms with E-state index in [0.29, 0.717) is 11.4 Å². The van der Waals surface area contributed by atoms with E-state index in [1.165, 1.54) is 55.5 Å². The third kappa shape index (κ3) is 6.24. The second-order valence-corrected chi connectivity index (χ2v) is 10.8. The van der Waals surface area contributed by atoms with Gasteiger partial charge in [0.15, 0.2) is 11.5 Å². The van der Waals surface area contributed by atoms with Crippen molar-refractivity contribution in [2.24, 2.45) is 0 Å². The number of alkyl halides is 3. The molecule has 1 heterocycles. The van der Waals surface area contributed by atoms with Gasteiger partial charge in [0, 0.05) is 37.9 Å². The van der Waals surface area contributed by atoms with Crippen LogP contribution in [0.1, 0.15) is 5.56 Å². The number of halogens is 4. The highest BCUT2D eigenvalue weighted by Gasteiger charge is 2.33. The summed E-state index contributed by atoms with van der Waals surface area (Å²) in [7, 11) is -1.56. The number of nitrogens with zero attached hydrogens (tertiary/aromatic N) is 3. The van der Waals surface area contributed by atoms with Crippen LogP contribution >= 0.6 is 0 Å². The van der Waals surface area contributed by atoms with Gasteiger partial charge in [0.2, 0.25) is 5.91 Å². The molecule has 3 aromatic rings. The summed E-state index contributed by atoms with van der Waals surface area (Å²) in [6.07, 6.45) is -4.48. The number of carbonyl (C=O) groups is 1. The van der Waals surface area contributed by atoms with Crippen LogP contribution in [-0.2, 0) is 21.0 Å². The van der Waals surface area contributed by atoms with Crippen LogP contribution in [0.15, 0.2) is 71.6 Å². The maximum Gasteiger partial charge on any atom is 0.416 e. The first-order chi connectivity index (χ1) is 18.9. The largest absolute Gasteiger partial charge is 0.493 e. The first-order valence-electron chi connectivity index (χ1n) is 12.1. The fraction of sp³-hybridized carbons (Fsp3) is 0.296. The van der Waals surface area contributed by atoms with Gasteiger partial charge in [0.25, 0.3) is 10.0 Å². The van der Waals surface area contributed by atoms with Crippen LogP contribution in [0.5, 0.6) is 11.5 Å². The number of anilines is 2. The number of sulfonamides is 1. The van der Waals surface area contributed by atoms with Crippen molar-refractivity contribution in [3.05, 3.63) is 78.1 Å². The molecule has 214 valence electrons. The molecular formula is C27H27F4N3O5S. The maximum absolute atomic E-state index is 13.7. The minimum atomic E-state index is -4.48. The minimum Gasteiger partial charge on any atom is -0.493 e. The van der Waals surface area contributed by atoms with E-state index in [1.54, 1.807) is 11.0 Å². The fourth-order valence-corrected chi connectivity index (χ4v) is 5.77. The normalized spacial score (nSPS) is 14.2. The van der Waals surface area contributed by atoms with Crippen molar-refractivity contribution >= 4 is 27.3 Å². The Morgan fingerprint density at radius 2 is 1.55 bits per heavy atom. The van der Waals surface area contributed by atoms with Crippen molar-refractivity contribution in [1.29, 1.82) is 0 Å². The number of piperazine rings is 1. The van der Waals surface area contributed by atoms with E-state index in [4.69, 9.17) is 9.47 Å². The fourth-order valence-electron chi connectivity index (χ4n) is 4.34. The lowest BCUT2D eigenvalue weighted by Gasteiger charge is -2.37. The van der Waals surface area contributed by atoms with Crippen molar-refractivity contribution in [2.75, 3.05) is 56.1 Å². The van der Waals surface area contributed by atoms with E-state index >= 15 is 0 Å². The summed E-state index contributed by atoms with van der Waals surface area (Å²) in [5.74, 6) is -0.620. The van der Waals surface area contributed by atoms with Gasteiger partial charge in [-0.3, -0.25) is 9.10 Å². The lowest BCUT2D eigenvalue weighted by atomic mass is 10.1. The van der Waals surface area contributed by atoms with Crippen LogP contribution in [0.3, 0.4) is 0 Å². The topological polar surface area (TPSA) is 79.4 Å². The zero-order chi connectivity index (χ0) is 29.1. The van der Waals surface area contributed by atoms with Crippen molar-refractivity contribution in [1.82, 2.24) is 4.90 Å². The van der Waals surface area contributed by atoms with Crippen LogP contribution in [0.4, 0.5) is 28.9 Å². The summed E-state index contributed by atoms with van der Waals surface area (Å²) in [6, 6.07) is 13.6. The molecule has 13 heteroatoms. The summed E-state index contributed by atoms with van der Waals surface area (Å²) in [6.45, 7) is 0.273. The summed E-state index contributed by atoms with van der Waals surface area (Å²) in [4.78, 5) is 16.3. The highest BCUT2D eigenvalue weighted by molar-refractivity contribution is 7.92. The molecule has 1 saturated heterocycles. The van der Waals surface area contributed by atoms with Gasteiger partial charge in [0.1, 0.15) is 12.4 Å². The summed E-state index contributed by atoms with van der Waals surface area (Å²) < 4.78 is 91.7. The van der Waals surface area contributed by atoms with Gasteiger partial charge >= 0.3 is 6.18 Å². The molecular weight excluding hydrogens is 554 g/mol. The molecule has 3 aromatic carbocycles. The van der Waals surface area contributed by atoms with Crippen molar-refractivity contribution in [3.63, 3.8) is 0 Å². The molecule has 0 bridgehead atoms. The molecule has 40 heavy (non-hydrogen) atoms. The van der Waals surface area contributed by atoms with Crippen LogP contribution in [0, 0.1) is 5.82 Å². The van der Waals surface area contributed by atoms with Crippen molar-refractivity contribution < 1.29 is 40.2 Å². The number of ether oxygens (including phenoxy) is 2. The molecule has 0 aromatic heterocycles. The van der Waals surface area contributed by atoms with Crippen LogP contribution in [0.2, 0.25) is 0 Å². The van der Waals surface area contributed by atoms with E-state index in [-0.39, 0.29) is 42.5 Å². The zero-order valence-corrected chi connectivity index (χ0v) is 22.5. The molecule has 8 nitrogen and oxygen atoms in total. The molecule has 1 aliphatic heterocycles. The van der Waals surface area contributed by atoms with E-state index in [9.17, 15) is 30.8 Å². The number of hydrogen-bond donors (Lipinski definition) is 0. The second kappa shape index (κ2) is 11.6. The zero-order valence-electron chi connectivity index (χ0n) is 21.7. The van der Waals surface area contributed by atoms with Gasteiger partial charge in [-0.25, -0.2) is 12.8 Å². The number of methoxy groups -OCH3 is 2. The number of hydrogen-bond acceptors (Lipinski definition) is 6. The molecule has 0 aliphatic carbocycles. The van der Waals surface area contributed by atoms with Gasteiger partial charge in [-0.05, 0) is 54.6 Å². The molecule has 1 amide bonds. The molecule has 0 N–H and O–H groups in total. The summed E-state index contributed by atoms with van der Waals surface area (Å²) in [5.41, 5.74) is -0.308. The predicted molar refractivity (Wildman–Crippen MR) is 141 cm³/mol. The number of benzene rings is 3. The average Bonchev–Trinajstić information content (AvgIpc) is 2.95. The highest BCUT2D eigenvalue weighted by atomic mass is 32.2. The third-order valence-electron chi connectivity index (χ3n) is 6.51. The second-order valence-electron chi connectivity index (χ2n) is 8.92. The smallest absolute Gasteiger partial charge is 0.416 e. The molecule has 4 rings (SSSR count). The highest BCUT2D eigenvalue weighted by Crippen LogP contribution is 2.33. The van der Waals surface area contributed by atoms with Gasteiger partial charge in [-0.1, -0.05) is 6.07 Å². The predicted octanol–water partition coefficient (Wildman–Crippen LogP) is 4.41. The van der Waals surface area contributed by atoms with Crippen LogP contribution in [0.25, 0.3) is 0 Å². The molecule has 0 unspecified atom stereocenters. The average molecular weight is 582 g/mol. The summed E-state index contributed by atoms with van der Waals surface area (Å²) in [5, 5.41) is 0. The third-order valence-corrected chi connectivity index (χ3v) is 8.28. The van der Waals surface area contributed by atoms with Gasteiger partial charge < -0.3 is 19.3 Å². The number of rotatable bonds is 8. The van der Waals surface area contributed by atoms with Crippen LogP contribution < -0.4 is 18.7 Å². The quantitative estimate of drug-likeness (QED) is 0.367. The monoisotopic (exact) mass is 581 g/mol. The lowest BCUT2D eigenvalue weighted by molar-refractivity contribution is -0.137. The molecule has 0 radical (unpaired) electrons. The van der Waals surface area contributed by atoms with Crippen LogP contribution in [-0.4, -0.2) is 66.2 Å². The Morgan fingerprint density at radius 1 is 0.900 bits per heavy atom. The molecule has 0 spiro atoms. The Labute approximate surface area is 229 Å². The first-order valence-corrected chi connectivity index (χ1v) is 13.6. The molecule has 1 aliphatic rings. The maximum atomic E-state index is 13.7.